The lowest BCUT2D eigenvalue weighted by Crippen LogP contribution is -2.25. The maximum absolute atomic E-state index is 12.2. The van der Waals surface area contributed by atoms with E-state index >= 15 is 0 Å². The molecule has 0 aromatic heterocycles. The minimum Gasteiger partial charge on any atom is -0.382 e. The van der Waals surface area contributed by atoms with E-state index in [4.69, 9.17) is 10.2 Å². The van der Waals surface area contributed by atoms with E-state index in [0.717, 1.165) is 0 Å². The maximum atomic E-state index is 12.2. The van der Waals surface area contributed by atoms with Crippen molar-refractivity contribution in [3.8, 4) is 0 Å². The van der Waals surface area contributed by atoms with Gasteiger partial charge in [-0.2, -0.15) is 0 Å². The minimum absolute atomic E-state index is 1.18. The zero-order valence-corrected chi connectivity index (χ0v) is 4.87. The van der Waals surface area contributed by atoms with E-state index in [0.29, 0.717) is 0 Å². The first-order valence-corrected chi connectivity index (χ1v) is 2.73. The summed E-state index contributed by atoms with van der Waals surface area (Å²) in [5, 5.41) is 17.0. The largest absolute Gasteiger partial charge is 0.382 e. The predicted octanol–water partition coefficient (Wildman–Crippen LogP) is -1.03. The molecule has 0 amide bonds. The van der Waals surface area contributed by atoms with Crippen LogP contribution in [0.25, 0.3) is 0 Å². The highest BCUT2D eigenvalue weighted by Gasteiger charge is 2.49. The number of alkyl halides is 2. The molecule has 0 spiro atoms. The van der Waals surface area contributed by atoms with Crippen LogP contribution in [0.3, 0.4) is 0 Å². The molecular weight excluding hydrogens is 146 g/mol. The van der Waals surface area contributed by atoms with Gasteiger partial charge in [0.05, 0.1) is 0 Å². The molecule has 10 heavy (non-hydrogen) atoms. The number of hydrogen-bond donors (Lipinski definition) is 2. The van der Waals surface area contributed by atoms with Crippen molar-refractivity contribution < 1.29 is 23.8 Å². The van der Waals surface area contributed by atoms with Crippen LogP contribution in [0.1, 0.15) is 0 Å². The van der Waals surface area contributed by atoms with Crippen molar-refractivity contribution in [3.05, 3.63) is 0 Å². The minimum atomic E-state index is -2.28. The smallest absolute Gasteiger partial charge is 0.195 e. The average Bonchev–Trinajstić information content (AvgIpc) is 2.07. The predicted molar refractivity (Wildman–Crippen MR) is 26.8 cm³/mol. The van der Waals surface area contributed by atoms with E-state index in [1.165, 1.54) is 0 Å². The molecule has 0 radical (unpaired) electrons. The van der Waals surface area contributed by atoms with E-state index in [-0.39, 0.29) is 0 Å². The van der Waals surface area contributed by atoms with Gasteiger partial charge in [-0.05, 0) is 0 Å². The highest BCUT2D eigenvalue weighted by atomic mass is 19.2. The molecule has 1 fully saturated rings. The standard InChI is InChI=1S/C5H6F2O3/c6-1-2(7)4(9)5(10)3(1)8/h1-4,8-9H/t1-,2-,3-,4-/m0/s1. The Labute approximate surface area is 55.3 Å². The number of aliphatic hydroxyl groups is 2. The number of aliphatic hydroxyl groups excluding tert-OH is 2. The fourth-order valence-corrected chi connectivity index (χ4v) is 0.837. The molecule has 0 saturated heterocycles. The Kier molecular flexibility index (Phi) is 1.70. The third-order valence-corrected chi connectivity index (χ3v) is 1.49. The summed E-state index contributed by atoms with van der Waals surface area (Å²) in [7, 11) is 0. The van der Waals surface area contributed by atoms with Crippen molar-refractivity contribution in [1.82, 2.24) is 0 Å². The van der Waals surface area contributed by atoms with Gasteiger partial charge in [-0.25, -0.2) is 8.78 Å². The summed E-state index contributed by atoms with van der Waals surface area (Å²) in [5.41, 5.74) is 0. The molecule has 0 aromatic rings. The van der Waals surface area contributed by atoms with Gasteiger partial charge in [0.25, 0.3) is 0 Å². The molecule has 0 unspecified atom stereocenters. The van der Waals surface area contributed by atoms with Gasteiger partial charge in [0.15, 0.2) is 18.1 Å². The number of ketones is 1. The topological polar surface area (TPSA) is 57.5 Å². The van der Waals surface area contributed by atoms with Gasteiger partial charge in [0, 0.05) is 0 Å². The molecule has 1 rings (SSSR count). The third-order valence-electron chi connectivity index (χ3n) is 1.49. The van der Waals surface area contributed by atoms with Crippen LogP contribution in [0.2, 0.25) is 0 Å². The molecule has 58 valence electrons. The maximum Gasteiger partial charge on any atom is 0.195 e. The molecule has 0 aliphatic heterocycles. The van der Waals surface area contributed by atoms with E-state index in [9.17, 15) is 13.6 Å². The lowest BCUT2D eigenvalue weighted by atomic mass is 10.3. The first kappa shape index (κ1) is 7.56. The second kappa shape index (κ2) is 2.25. The van der Waals surface area contributed by atoms with Crippen LogP contribution >= 0.6 is 0 Å². The zero-order valence-electron chi connectivity index (χ0n) is 4.87. The fraction of sp³-hybridized carbons (Fsp3) is 0.800. The lowest BCUT2D eigenvalue weighted by molar-refractivity contribution is -0.132. The molecule has 5 heteroatoms. The van der Waals surface area contributed by atoms with Crippen LogP contribution in [-0.4, -0.2) is 40.5 Å². The Morgan fingerprint density at radius 1 is 1.10 bits per heavy atom. The summed E-state index contributed by atoms with van der Waals surface area (Å²) in [6.07, 6.45) is -8.54. The number of rotatable bonds is 0. The quantitative estimate of drug-likeness (QED) is 0.466. The summed E-state index contributed by atoms with van der Waals surface area (Å²) in [6, 6.07) is 0. The van der Waals surface area contributed by atoms with Gasteiger partial charge < -0.3 is 10.2 Å². The number of carbonyl (C=O) groups is 1. The molecule has 4 atom stereocenters. The fourth-order valence-electron chi connectivity index (χ4n) is 0.837. The van der Waals surface area contributed by atoms with Crippen molar-refractivity contribution in [2.24, 2.45) is 0 Å². The van der Waals surface area contributed by atoms with E-state index in [1.807, 2.05) is 0 Å². The summed E-state index contributed by atoms with van der Waals surface area (Å²) in [5.74, 6) is -1.18. The lowest BCUT2D eigenvalue weighted by Gasteiger charge is -2.03. The molecule has 3 nitrogen and oxygen atoms in total. The second-order valence-electron chi connectivity index (χ2n) is 2.18. The third kappa shape index (κ3) is 0.819. The Balaban J connectivity index is 2.78. The first-order valence-electron chi connectivity index (χ1n) is 2.73. The average molecular weight is 152 g/mol. The first-order chi connectivity index (χ1) is 4.55. The van der Waals surface area contributed by atoms with Crippen LogP contribution < -0.4 is 0 Å². The molecule has 1 aliphatic rings. The molecule has 1 saturated carbocycles. The van der Waals surface area contributed by atoms with Gasteiger partial charge >= 0.3 is 0 Å². The zero-order chi connectivity index (χ0) is 7.89. The van der Waals surface area contributed by atoms with Crippen molar-refractivity contribution in [3.63, 3.8) is 0 Å². The Bertz CT molecular complexity index is 145. The normalized spacial score (nSPS) is 48.2. The van der Waals surface area contributed by atoms with Crippen molar-refractivity contribution in [2.75, 3.05) is 0 Å². The number of hydrogen-bond acceptors (Lipinski definition) is 3. The van der Waals surface area contributed by atoms with Crippen LogP contribution in [-0.2, 0) is 4.79 Å². The van der Waals surface area contributed by atoms with Gasteiger partial charge in [-0.15, -0.1) is 0 Å². The molecule has 0 heterocycles. The Hall–Kier alpha value is -0.550. The van der Waals surface area contributed by atoms with Gasteiger partial charge in [-0.3, -0.25) is 4.79 Å². The number of Topliss-reactive ketones (excluding diaryl/α,β-unsaturated/α-hetero) is 1. The highest BCUT2D eigenvalue weighted by Crippen LogP contribution is 2.22. The van der Waals surface area contributed by atoms with Crippen LogP contribution in [0, 0.1) is 0 Å². The summed E-state index contributed by atoms with van der Waals surface area (Å²) in [4.78, 5) is 10.3. The summed E-state index contributed by atoms with van der Waals surface area (Å²) >= 11 is 0. The summed E-state index contributed by atoms with van der Waals surface area (Å²) < 4.78 is 24.4. The highest BCUT2D eigenvalue weighted by molar-refractivity contribution is 5.90. The van der Waals surface area contributed by atoms with Crippen LogP contribution in [0.4, 0.5) is 8.78 Å². The van der Waals surface area contributed by atoms with Crippen molar-refractivity contribution in [1.29, 1.82) is 0 Å². The van der Waals surface area contributed by atoms with Crippen LogP contribution in [0.15, 0.2) is 0 Å². The monoisotopic (exact) mass is 152 g/mol. The van der Waals surface area contributed by atoms with Crippen molar-refractivity contribution >= 4 is 5.78 Å². The van der Waals surface area contributed by atoms with E-state index < -0.39 is 30.3 Å². The number of halogens is 2. The molecule has 1 aliphatic carbocycles. The number of carbonyl (C=O) groups excluding carboxylic acids is 1. The van der Waals surface area contributed by atoms with Gasteiger partial charge in [-0.1, -0.05) is 0 Å². The van der Waals surface area contributed by atoms with Gasteiger partial charge in [0.1, 0.15) is 12.2 Å². The van der Waals surface area contributed by atoms with E-state index in [2.05, 4.69) is 0 Å². The van der Waals surface area contributed by atoms with Crippen LogP contribution in [0.5, 0.6) is 0 Å². The van der Waals surface area contributed by atoms with Crippen molar-refractivity contribution in [2.45, 2.75) is 24.6 Å². The SMILES string of the molecule is O=C1[C@@H](O)[C@@H](F)[C@H](F)[C@@H]1O. The summed E-state index contributed by atoms with van der Waals surface area (Å²) in [6.45, 7) is 0. The van der Waals surface area contributed by atoms with E-state index in [1.54, 1.807) is 0 Å². The molecular formula is C5H6F2O3. The Morgan fingerprint density at radius 2 is 1.40 bits per heavy atom. The molecule has 0 bridgehead atoms. The Morgan fingerprint density at radius 3 is 1.50 bits per heavy atom. The second-order valence-corrected chi connectivity index (χ2v) is 2.18. The molecule has 2 N–H and O–H groups in total. The molecule has 0 aromatic carbocycles. The van der Waals surface area contributed by atoms with Gasteiger partial charge in [0.2, 0.25) is 0 Å².